The molecule has 0 aliphatic carbocycles. The number of aliphatic hydroxyl groups excluding tert-OH is 2. The molecular formula is C14H20N2O10P+. The van der Waals surface area contributed by atoms with E-state index in [2.05, 4.69) is 9.26 Å². The Morgan fingerprint density at radius 3 is 2.63 bits per heavy atom. The van der Waals surface area contributed by atoms with Gasteiger partial charge in [0.1, 0.15) is 23.8 Å². The van der Waals surface area contributed by atoms with E-state index < -0.39 is 56.9 Å². The summed E-state index contributed by atoms with van der Waals surface area (Å²) in [5.41, 5.74) is 5.27. The van der Waals surface area contributed by atoms with Crippen LogP contribution in [0.4, 0.5) is 0 Å². The molecule has 1 aliphatic heterocycles. The summed E-state index contributed by atoms with van der Waals surface area (Å²) in [4.78, 5) is 40.8. The molecule has 0 spiro atoms. The number of nitrogens with zero attached hydrogens (tertiary/aromatic N) is 1. The average molecular weight is 407 g/mol. The summed E-state index contributed by atoms with van der Waals surface area (Å²) >= 11 is 0. The zero-order chi connectivity index (χ0) is 20.4. The van der Waals surface area contributed by atoms with Gasteiger partial charge >= 0.3 is 19.8 Å². The molecule has 0 aromatic carbocycles. The zero-order valence-electron chi connectivity index (χ0n) is 14.1. The molecule has 1 aromatic rings. The molecule has 0 saturated carbocycles. The molecule has 13 heteroatoms. The molecule has 0 bridgehead atoms. The first kappa shape index (κ1) is 21.5. The molecule has 2 heterocycles. The van der Waals surface area contributed by atoms with Crippen molar-refractivity contribution in [1.29, 1.82) is 0 Å². The van der Waals surface area contributed by atoms with Crippen LogP contribution >= 0.6 is 7.82 Å². The first-order valence-corrected chi connectivity index (χ1v) is 9.26. The summed E-state index contributed by atoms with van der Waals surface area (Å²) in [7, 11) is -4.78. The summed E-state index contributed by atoms with van der Waals surface area (Å²) in [5.74, 6) is -1.89. The van der Waals surface area contributed by atoms with Gasteiger partial charge in [-0.05, 0) is 13.0 Å². The Morgan fingerprint density at radius 2 is 2.04 bits per heavy atom. The maximum atomic E-state index is 12.0. The quantitative estimate of drug-likeness (QED) is 0.148. The predicted octanol–water partition coefficient (Wildman–Crippen LogP) is -2.27. The van der Waals surface area contributed by atoms with Gasteiger partial charge in [0.25, 0.3) is 6.23 Å². The Morgan fingerprint density at radius 1 is 1.37 bits per heavy atom. The number of carbonyl (C=O) groups is 2. The van der Waals surface area contributed by atoms with Crippen molar-refractivity contribution in [2.45, 2.75) is 37.5 Å². The lowest BCUT2D eigenvalue weighted by Gasteiger charge is -2.13. The van der Waals surface area contributed by atoms with E-state index >= 15 is 0 Å². The van der Waals surface area contributed by atoms with Gasteiger partial charge in [-0.25, -0.2) is 14.2 Å². The lowest BCUT2D eigenvalue weighted by Crippen LogP contribution is -2.46. The fourth-order valence-electron chi connectivity index (χ4n) is 2.30. The third kappa shape index (κ3) is 5.61. The normalized spacial score (nSPS) is 26.6. The van der Waals surface area contributed by atoms with Crippen LogP contribution < -0.4 is 10.3 Å². The predicted molar refractivity (Wildman–Crippen MR) is 84.6 cm³/mol. The van der Waals surface area contributed by atoms with Gasteiger partial charge in [-0.1, -0.05) is 0 Å². The Bertz CT molecular complexity index is 751. The minimum atomic E-state index is -4.78. The number of nitrogens with two attached hydrogens (primary N) is 1. The van der Waals surface area contributed by atoms with Crippen molar-refractivity contribution in [2.24, 2.45) is 5.73 Å². The standard InChI is InChI=1S/C14H19N2O10P/c1-7(15)13(19)26-14(20)8-3-2-4-16(5-8)12-11(18)10(17)9(25-12)6-24-27(21,22)23/h2-5,7,9-12,17-18H,6,15H2,1H3,(H-,21,22,23)/p+1/t7-,9+,10+,11+,12+/m0/s1. The van der Waals surface area contributed by atoms with E-state index in [4.69, 9.17) is 20.3 Å². The number of hydrogen-bond donors (Lipinski definition) is 5. The van der Waals surface area contributed by atoms with E-state index in [0.717, 1.165) is 0 Å². The Balaban J connectivity index is 2.13. The largest absolute Gasteiger partial charge is 0.469 e. The molecule has 0 amide bonds. The highest BCUT2D eigenvalue weighted by molar-refractivity contribution is 7.46. The van der Waals surface area contributed by atoms with Crippen molar-refractivity contribution < 1.29 is 52.7 Å². The van der Waals surface area contributed by atoms with Gasteiger partial charge in [0.2, 0.25) is 0 Å². The summed E-state index contributed by atoms with van der Waals surface area (Å²) in [6.45, 7) is 0.689. The molecule has 1 aromatic heterocycles. The van der Waals surface area contributed by atoms with Crippen LogP contribution in [0.15, 0.2) is 24.5 Å². The Hall–Kier alpha value is -1.76. The van der Waals surface area contributed by atoms with Gasteiger partial charge < -0.3 is 35.2 Å². The first-order chi connectivity index (χ1) is 12.5. The Labute approximate surface area is 153 Å². The van der Waals surface area contributed by atoms with Crippen molar-refractivity contribution in [3.63, 3.8) is 0 Å². The average Bonchev–Trinajstić information content (AvgIpc) is 2.87. The zero-order valence-corrected chi connectivity index (χ0v) is 15.0. The van der Waals surface area contributed by atoms with Crippen molar-refractivity contribution in [2.75, 3.05) is 6.61 Å². The summed E-state index contributed by atoms with van der Waals surface area (Å²) in [6.07, 6.45) is -2.75. The molecular weight excluding hydrogens is 387 g/mol. The number of pyridine rings is 1. The highest BCUT2D eigenvalue weighted by Crippen LogP contribution is 2.37. The number of phosphoric acid groups is 1. The highest BCUT2D eigenvalue weighted by Gasteiger charge is 2.49. The minimum Gasteiger partial charge on any atom is -0.388 e. The van der Waals surface area contributed by atoms with Gasteiger partial charge in [-0.3, -0.25) is 4.52 Å². The number of aromatic nitrogens is 1. The van der Waals surface area contributed by atoms with Crippen LogP contribution in [-0.2, 0) is 23.4 Å². The van der Waals surface area contributed by atoms with Crippen LogP contribution in [0.1, 0.15) is 23.5 Å². The van der Waals surface area contributed by atoms with Gasteiger partial charge in [-0.2, -0.15) is 4.57 Å². The van der Waals surface area contributed by atoms with E-state index in [0.29, 0.717) is 0 Å². The SMILES string of the molecule is C[C@H](N)C(=O)OC(=O)c1ccc[n+]([C@@H]2O[C@H](COP(=O)(O)O)[C@@H](O)[C@H]2O)c1. The first-order valence-electron chi connectivity index (χ1n) is 7.73. The molecule has 6 N–H and O–H groups in total. The summed E-state index contributed by atoms with van der Waals surface area (Å²) < 4.78 is 26.2. The maximum Gasteiger partial charge on any atom is 0.469 e. The van der Waals surface area contributed by atoms with Gasteiger partial charge in [0.05, 0.1) is 6.61 Å². The lowest BCUT2D eigenvalue weighted by atomic mass is 10.1. The molecule has 12 nitrogen and oxygen atoms in total. The second kappa shape index (κ2) is 8.50. The molecule has 27 heavy (non-hydrogen) atoms. The molecule has 150 valence electrons. The van der Waals surface area contributed by atoms with E-state index in [1.54, 1.807) is 0 Å². The van der Waals surface area contributed by atoms with E-state index in [1.807, 2.05) is 0 Å². The van der Waals surface area contributed by atoms with Gasteiger partial charge in [-0.15, -0.1) is 0 Å². The summed E-state index contributed by atoms with van der Waals surface area (Å²) in [5, 5.41) is 20.1. The number of rotatable bonds is 6. The third-order valence-corrected chi connectivity index (χ3v) is 4.15. The van der Waals surface area contributed by atoms with E-state index in [1.165, 1.54) is 36.0 Å². The molecule has 1 fully saturated rings. The number of esters is 2. The van der Waals surface area contributed by atoms with Crippen LogP contribution in [0.3, 0.4) is 0 Å². The molecule has 1 saturated heterocycles. The van der Waals surface area contributed by atoms with Crippen LogP contribution in [0, 0.1) is 0 Å². The third-order valence-electron chi connectivity index (χ3n) is 3.66. The fraction of sp³-hybridized carbons (Fsp3) is 0.500. The molecule has 2 rings (SSSR count). The van der Waals surface area contributed by atoms with E-state index in [-0.39, 0.29) is 5.56 Å². The van der Waals surface area contributed by atoms with Gasteiger partial charge in [0.15, 0.2) is 18.5 Å². The molecule has 0 radical (unpaired) electrons. The topological polar surface area (TPSA) is 190 Å². The fourth-order valence-corrected chi connectivity index (χ4v) is 2.64. The number of ether oxygens (including phenoxy) is 2. The molecule has 1 aliphatic rings. The minimum absolute atomic E-state index is 0.0493. The summed E-state index contributed by atoms with van der Waals surface area (Å²) in [6, 6.07) is 1.77. The van der Waals surface area contributed by atoms with Crippen molar-refractivity contribution in [3.05, 3.63) is 30.1 Å². The second-order valence-corrected chi connectivity index (χ2v) is 7.11. The highest BCUT2D eigenvalue weighted by atomic mass is 31.2. The number of aliphatic hydroxyl groups is 2. The maximum absolute atomic E-state index is 12.0. The van der Waals surface area contributed by atoms with Crippen molar-refractivity contribution in [3.8, 4) is 0 Å². The number of phosphoric ester groups is 1. The number of hydrogen-bond acceptors (Lipinski definition) is 9. The van der Waals surface area contributed by atoms with Crippen LogP contribution in [0.2, 0.25) is 0 Å². The second-order valence-electron chi connectivity index (χ2n) is 5.87. The smallest absolute Gasteiger partial charge is 0.388 e. The number of carbonyl (C=O) groups excluding carboxylic acids is 2. The van der Waals surface area contributed by atoms with Crippen LogP contribution in [-0.4, -0.2) is 62.9 Å². The molecule has 0 unspecified atom stereocenters. The van der Waals surface area contributed by atoms with Crippen LogP contribution in [0.5, 0.6) is 0 Å². The Kier molecular flexibility index (Phi) is 6.78. The lowest BCUT2D eigenvalue weighted by molar-refractivity contribution is -0.765. The van der Waals surface area contributed by atoms with Crippen molar-refractivity contribution >= 4 is 19.8 Å². The monoisotopic (exact) mass is 407 g/mol. The van der Waals surface area contributed by atoms with E-state index in [9.17, 15) is 24.4 Å². The van der Waals surface area contributed by atoms with Crippen molar-refractivity contribution in [1.82, 2.24) is 0 Å². The van der Waals surface area contributed by atoms with Gasteiger partial charge in [0, 0.05) is 6.07 Å². The van der Waals surface area contributed by atoms with Crippen LogP contribution in [0.25, 0.3) is 0 Å². The molecule has 5 atom stereocenters.